The smallest absolute Gasteiger partial charge is 0.191 e. The van der Waals surface area contributed by atoms with Crippen LogP contribution >= 0.6 is 24.0 Å². The fourth-order valence-electron chi connectivity index (χ4n) is 2.59. The number of hydrogen-bond acceptors (Lipinski definition) is 3. The van der Waals surface area contributed by atoms with Gasteiger partial charge in [0, 0.05) is 19.8 Å². The Morgan fingerprint density at radius 3 is 2.80 bits per heavy atom. The highest BCUT2D eigenvalue weighted by atomic mass is 127. The van der Waals surface area contributed by atoms with Crippen LogP contribution < -0.4 is 10.6 Å². The Morgan fingerprint density at radius 2 is 2.00 bits per heavy atom. The van der Waals surface area contributed by atoms with E-state index in [1.165, 1.54) is 11.1 Å². The lowest BCUT2D eigenvalue weighted by molar-refractivity contribution is 0.757. The third-order valence-electron chi connectivity index (χ3n) is 3.81. The predicted molar refractivity (Wildman–Crippen MR) is 111 cm³/mol. The van der Waals surface area contributed by atoms with Gasteiger partial charge in [0.05, 0.1) is 6.54 Å². The van der Waals surface area contributed by atoms with Gasteiger partial charge in [-0.3, -0.25) is 9.39 Å². The molecule has 7 heteroatoms. The summed E-state index contributed by atoms with van der Waals surface area (Å²) in [5, 5.41) is 15.0. The highest BCUT2D eigenvalue weighted by Crippen LogP contribution is 2.04. The average Bonchev–Trinajstić information content (AvgIpc) is 3.01. The minimum absolute atomic E-state index is 0. The van der Waals surface area contributed by atoms with E-state index in [0.29, 0.717) is 6.54 Å². The van der Waals surface area contributed by atoms with Crippen molar-refractivity contribution in [1.82, 2.24) is 25.2 Å². The summed E-state index contributed by atoms with van der Waals surface area (Å²) < 4.78 is 1.97. The standard InChI is InChI=1S/C18H22N6.HI/c1-14-6-5-7-15(12-14)9-10-20-18(19-2)21-13-17-23-22-16-8-3-4-11-24(16)17;/h3-8,11-12H,9-10,13H2,1-2H3,(H2,19,20,21);1H. The van der Waals surface area contributed by atoms with Gasteiger partial charge in [-0.25, -0.2) is 0 Å². The Morgan fingerprint density at radius 1 is 1.12 bits per heavy atom. The van der Waals surface area contributed by atoms with Crippen LogP contribution in [0.1, 0.15) is 17.0 Å². The molecule has 3 rings (SSSR count). The summed E-state index contributed by atoms with van der Waals surface area (Å²) in [5.74, 6) is 1.61. The normalized spacial score (nSPS) is 11.2. The van der Waals surface area contributed by atoms with E-state index in [1.807, 2.05) is 28.8 Å². The molecule has 0 spiro atoms. The third kappa shape index (κ3) is 5.15. The molecule has 0 aliphatic carbocycles. The molecule has 2 aromatic heterocycles. The highest BCUT2D eigenvalue weighted by molar-refractivity contribution is 14.0. The van der Waals surface area contributed by atoms with Crippen LogP contribution in [0.25, 0.3) is 5.65 Å². The number of nitrogens with one attached hydrogen (secondary N) is 2. The van der Waals surface area contributed by atoms with E-state index >= 15 is 0 Å². The largest absolute Gasteiger partial charge is 0.356 e. The summed E-state index contributed by atoms with van der Waals surface area (Å²) in [4.78, 5) is 4.25. The molecule has 0 atom stereocenters. The molecule has 3 aromatic rings. The first-order chi connectivity index (χ1) is 11.8. The number of rotatable bonds is 5. The number of nitrogens with zero attached hydrogens (tertiary/aromatic N) is 4. The molecule has 2 heterocycles. The van der Waals surface area contributed by atoms with Gasteiger partial charge in [0.2, 0.25) is 0 Å². The number of aryl methyl sites for hydroxylation is 1. The summed E-state index contributed by atoms with van der Waals surface area (Å²) >= 11 is 0. The average molecular weight is 450 g/mol. The van der Waals surface area contributed by atoms with Crippen LogP contribution in [0.3, 0.4) is 0 Å². The number of pyridine rings is 1. The van der Waals surface area contributed by atoms with Gasteiger partial charge in [-0.15, -0.1) is 34.2 Å². The van der Waals surface area contributed by atoms with Crippen molar-refractivity contribution in [3.63, 3.8) is 0 Å². The lowest BCUT2D eigenvalue weighted by Gasteiger charge is -2.11. The van der Waals surface area contributed by atoms with Crippen molar-refractivity contribution in [3.8, 4) is 0 Å². The van der Waals surface area contributed by atoms with Crippen molar-refractivity contribution in [2.75, 3.05) is 13.6 Å². The van der Waals surface area contributed by atoms with Crippen LogP contribution in [-0.4, -0.2) is 34.2 Å². The summed E-state index contributed by atoms with van der Waals surface area (Å²) in [6, 6.07) is 14.4. The Bertz CT molecular complexity index is 842. The molecule has 0 amide bonds. The number of aromatic nitrogens is 3. The molecule has 6 nitrogen and oxygen atoms in total. The number of hydrogen-bond donors (Lipinski definition) is 2. The number of halogens is 1. The molecule has 0 bridgehead atoms. The summed E-state index contributed by atoms with van der Waals surface area (Å²) in [7, 11) is 1.77. The van der Waals surface area contributed by atoms with E-state index in [2.05, 4.69) is 57.0 Å². The predicted octanol–water partition coefficient (Wildman–Crippen LogP) is 2.56. The fourth-order valence-corrected chi connectivity index (χ4v) is 2.59. The van der Waals surface area contributed by atoms with Crippen molar-refractivity contribution in [2.24, 2.45) is 4.99 Å². The SMILES string of the molecule is CN=C(NCCc1cccc(C)c1)NCc1nnc2ccccn12.I. The van der Waals surface area contributed by atoms with Crippen molar-refractivity contribution in [3.05, 3.63) is 65.6 Å². The molecule has 2 N–H and O–H groups in total. The zero-order chi connectivity index (χ0) is 16.8. The second-order valence-corrected chi connectivity index (χ2v) is 5.64. The first-order valence-corrected chi connectivity index (χ1v) is 8.05. The molecule has 0 fully saturated rings. The summed E-state index contributed by atoms with van der Waals surface area (Å²) in [6.07, 6.45) is 2.91. The quantitative estimate of drug-likeness (QED) is 0.356. The Balaban J connectivity index is 0.00000225. The highest BCUT2D eigenvalue weighted by Gasteiger charge is 2.05. The molecule has 0 aliphatic heterocycles. The second-order valence-electron chi connectivity index (χ2n) is 5.64. The molecule has 0 aliphatic rings. The second kappa shape index (κ2) is 9.36. The first kappa shape index (κ1) is 19.2. The first-order valence-electron chi connectivity index (χ1n) is 8.05. The van der Waals surface area contributed by atoms with Gasteiger partial charge in [0.15, 0.2) is 17.4 Å². The maximum Gasteiger partial charge on any atom is 0.191 e. The van der Waals surface area contributed by atoms with Crippen LogP contribution in [0.5, 0.6) is 0 Å². The van der Waals surface area contributed by atoms with E-state index < -0.39 is 0 Å². The maximum atomic E-state index is 4.25. The molecule has 0 saturated carbocycles. The lowest BCUT2D eigenvalue weighted by Crippen LogP contribution is -2.38. The Kier molecular flexibility index (Phi) is 7.17. The number of guanidine groups is 1. The van der Waals surface area contributed by atoms with Gasteiger partial charge >= 0.3 is 0 Å². The van der Waals surface area contributed by atoms with E-state index in [4.69, 9.17) is 0 Å². The molecule has 25 heavy (non-hydrogen) atoms. The van der Waals surface area contributed by atoms with Crippen LogP contribution in [0.15, 0.2) is 53.7 Å². The van der Waals surface area contributed by atoms with Crippen LogP contribution in [-0.2, 0) is 13.0 Å². The van der Waals surface area contributed by atoms with Crippen molar-refractivity contribution < 1.29 is 0 Å². The van der Waals surface area contributed by atoms with E-state index in [0.717, 1.165) is 30.4 Å². The molecular formula is C18H23IN6. The number of benzene rings is 1. The van der Waals surface area contributed by atoms with Gasteiger partial charge in [-0.1, -0.05) is 35.9 Å². The van der Waals surface area contributed by atoms with Gasteiger partial charge in [-0.2, -0.15) is 0 Å². The van der Waals surface area contributed by atoms with Crippen LogP contribution in [0.4, 0.5) is 0 Å². The maximum absolute atomic E-state index is 4.25. The van der Waals surface area contributed by atoms with E-state index in [-0.39, 0.29) is 24.0 Å². The number of fused-ring (bicyclic) bond motifs is 1. The van der Waals surface area contributed by atoms with Crippen molar-refractivity contribution in [2.45, 2.75) is 19.9 Å². The van der Waals surface area contributed by atoms with Crippen molar-refractivity contribution >= 4 is 35.6 Å². The monoisotopic (exact) mass is 450 g/mol. The molecule has 1 aromatic carbocycles. The molecular weight excluding hydrogens is 427 g/mol. The molecule has 0 unspecified atom stereocenters. The molecule has 132 valence electrons. The summed E-state index contributed by atoms with van der Waals surface area (Å²) in [5.41, 5.74) is 3.45. The number of aliphatic imine (C=N–C) groups is 1. The van der Waals surface area contributed by atoms with Gasteiger partial charge in [-0.05, 0) is 31.0 Å². The van der Waals surface area contributed by atoms with Gasteiger partial charge in [0.1, 0.15) is 0 Å². The third-order valence-corrected chi connectivity index (χ3v) is 3.81. The van der Waals surface area contributed by atoms with Crippen LogP contribution in [0, 0.1) is 6.92 Å². The van der Waals surface area contributed by atoms with E-state index in [9.17, 15) is 0 Å². The Hall–Kier alpha value is -2.16. The Labute approximate surface area is 164 Å². The van der Waals surface area contributed by atoms with Gasteiger partial charge < -0.3 is 10.6 Å². The molecule has 0 saturated heterocycles. The van der Waals surface area contributed by atoms with E-state index in [1.54, 1.807) is 7.05 Å². The minimum Gasteiger partial charge on any atom is -0.356 e. The minimum atomic E-state index is 0. The zero-order valence-corrected chi connectivity index (χ0v) is 16.8. The van der Waals surface area contributed by atoms with Gasteiger partial charge in [0.25, 0.3) is 0 Å². The zero-order valence-electron chi connectivity index (χ0n) is 14.4. The summed E-state index contributed by atoms with van der Waals surface area (Å²) in [6.45, 7) is 3.50. The van der Waals surface area contributed by atoms with Crippen LogP contribution in [0.2, 0.25) is 0 Å². The topological polar surface area (TPSA) is 66.6 Å². The molecule has 0 radical (unpaired) electrons. The lowest BCUT2D eigenvalue weighted by atomic mass is 10.1. The fraction of sp³-hybridized carbons (Fsp3) is 0.278. The van der Waals surface area contributed by atoms with Crippen molar-refractivity contribution in [1.29, 1.82) is 0 Å².